The summed E-state index contributed by atoms with van der Waals surface area (Å²) in [5.41, 5.74) is 1.42. The highest BCUT2D eigenvalue weighted by Crippen LogP contribution is 2.37. The van der Waals surface area contributed by atoms with E-state index in [1.807, 2.05) is 12.4 Å². The molecule has 0 bridgehead atoms. The van der Waals surface area contributed by atoms with Gasteiger partial charge in [-0.1, -0.05) is 15.9 Å². The summed E-state index contributed by atoms with van der Waals surface area (Å²) in [4.78, 5) is 13.3. The quantitative estimate of drug-likeness (QED) is 0.781. The number of anilines is 1. The number of alkyl halides is 1. The molecule has 0 aromatic carbocycles. The number of aromatic nitrogens is 2. The van der Waals surface area contributed by atoms with Crippen molar-refractivity contribution in [2.24, 2.45) is 0 Å². The van der Waals surface area contributed by atoms with Crippen molar-refractivity contribution in [2.75, 3.05) is 32.6 Å². The van der Waals surface area contributed by atoms with Gasteiger partial charge in [-0.2, -0.15) is 0 Å². The number of hydrogen-bond acceptors (Lipinski definition) is 4. The fourth-order valence-corrected chi connectivity index (χ4v) is 2.75. The Hall–Kier alpha value is -0.680. The normalized spacial score (nSPS) is 17.6. The summed E-state index contributed by atoms with van der Waals surface area (Å²) in [5.74, 6) is 0.813. The highest BCUT2D eigenvalue weighted by atomic mass is 79.9. The minimum absolute atomic E-state index is 0.312. The van der Waals surface area contributed by atoms with Crippen LogP contribution in [0.4, 0.5) is 5.95 Å². The third-order valence-corrected chi connectivity index (χ3v) is 4.60. The van der Waals surface area contributed by atoms with E-state index in [1.54, 1.807) is 0 Å². The summed E-state index contributed by atoms with van der Waals surface area (Å²) < 4.78 is 0. The van der Waals surface area contributed by atoms with E-state index >= 15 is 0 Å². The second kappa shape index (κ2) is 5.53. The SMILES string of the molecule is CN(CC1(N(C)C)CCC1)c1ncc(CBr)cn1. The molecule has 1 saturated carbocycles. The first-order valence-electron chi connectivity index (χ1n) is 6.33. The summed E-state index contributed by atoms with van der Waals surface area (Å²) in [6, 6.07) is 0. The zero-order valence-electron chi connectivity index (χ0n) is 11.4. The molecule has 1 fully saturated rings. The second-order valence-corrected chi connectivity index (χ2v) is 5.91. The molecule has 4 nitrogen and oxygen atoms in total. The van der Waals surface area contributed by atoms with E-state index in [0.29, 0.717) is 5.54 Å². The summed E-state index contributed by atoms with van der Waals surface area (Å²) in [7, 11) is 6.41. The van der Waals surface area contributed by atoms with Gasteiger partial charge in [0.25, 0.3) is 0 Å². The zero-order chi connectivity index (χ0) is 13.2. The molecule has 1 aliphatic rings. The average Bonchev–Trinajstić information content (AvgIpc) is 2.33. The topological polar surface area (TPSA) is 32.3 Å². The number of nitrogens with zero attached hydrogens (tertiary/aromatic N) is 4. The van der Waals surface area contributed by atoms with Crippen molar-refractivity contribution in [3.8, 4) is 0 Å². The Morgan fingerprint density at radius 2 is 1.83 bits per heavy atom. The van der Waals surface area contributed by atoms with Crippen molar-refractivity contribution in [1.82, 2.24) is 14.9 Å². The molecular weight excluding hydrogens is 292 g/mol. The van der Waals surface area contributed by atoms with Crippen LogP contribution in [0.2, 0.25) is 0 Å². The van der Waals surface area contributed by atoms with Gasteiger partial charge < -0.3 is 9.80 Å². The number of hydrogen-bond donors (Lipinski definition) is 0. The Balaban J connectivity index is 2.04. The van der Waals surface area contributed by atoms with Crippen LogP contribution in [0.1, 0.15) is 24.8 Å². The second-order valence-electron chi connectivity index (χ2n) is 5.35. The molecule has 1 aromatic rings. The lowest BCUT2D eigenvalue weighted by Crippen LogP contribution is -2.57. The van der Waals surface area contributed by atoms with Gasteiger partial charge in [0.15, 0.2) is 0 Å². The number of rotatable bonds is 5. The molecule has 0 atom stereocenters. The Morgan fingerprint density at radius 3 is 2.22 bits per heavy atom. The average molecular weight is 313 g/mol. The highest BCUT2D eigenvalue weighted by Gasteiger charge is 2.40. The number of halogens is 1. The van der Waals surface area contributed by atoms with Crippen LogP contribution >= 0.6 is 15.9 Å². The first-order chi connectivity index (χ1) is 8.57. The lowest BCUT2D eigenvalue weighted by Gasteiger charge is -2.49. The molecule has 0 spiro atoms. The third kappa shape index (κ3) is 2.67. The van der Waals surface area contributed by atoms with E-state index in [9.17, 15) is 0 Å². The van der Waals surface area contributed by atoms with Crippen LogP contribution in [0.3, 0.4) is 0 Å². The van der Waals surface area contributed by atoms with Gasteiger partial charge >= 0.3 is 0 Å². The maximum absolute atomic E-state index is 4.42. The molecule has 2 rings (SSSR count). The molecule has 5 heteroatoms. The molecule has 1 aromatic heterocycles. The molecule has 0 N–H and O–H groups in total. The van der Waals surface area contributed by atoms with Gasteiger partial charge in [0, 0.05) is 36.9 Å². The van der Waals surface area contributed by atoms with Crippen molar-refractivity contribution in [3.05, 3.63) is 18.0 Å². The Bertz CT molecular complexity index is 386. The molecule has 0 saturated heterocycles. The van der Waals surface area contributed by atoms with Gasteiger partial charge in [-0.15, -0.1) is 0 Å². The van der Waals surface area contributed by atoms with Crippen LogP contribution in [-0.2, 0) is 5.33 Å². The summed E-state index contributed by atoms with van der Waals surface area (Å²) in [6.45, 7) is 0.994. The van der Waals surface area contributed by atoms with Gasteiger partial charge in [0.05, 0.1) is 0 Å². The fourth-order valence-electron chi connectivity index (χ4n) is 2.46. The molecule has 1 aliphatic carbocycles. The van der Waals surface area contributed by atoms with Crippen molar-refractivity contribution >= 4 is 21.9 Å². The van der Waals surface area contributed by atoms with Crippen molar-refractivity contribution in [2.45, 2.75) is 30.1 Å². The van der Waals surface area contributed by atoms with Crippen LogP contribution in [0.15, 0.2) is 12.4 Å². The lowest BCUT2D eigenvalue weighted by molar-refractivity contribution is 0.0680. The minimum atomic E-state index is 0.312. The van der Waals surface area contributed by atoms with Gasteiger partial charge in [-0.05, 0) is 38.9 Å². The van der Waals surface area contributed by atoms with Gasteiger partial charge in [0.1, 0.15) is 0 Å². The van der Waals surface area contributed by atoms with Crippen molar-refractivity contribution < 1.29 is 0 Å². The Labute approximate surface area is 118 Å². The molecule has 100 valence electrons. The van der Waals surface area contributed by atoms with E-state index in [4.69, 9.17) is 0 Å². The number of likely N-dealkylation sites (N-methyl/N-ethyl adjacent to an activating group) is 2. The van der Waals surface area contributed by atoms with Crippen molar-refractivity contribution in [1.29, 1.82) is 0 Å². The lowest BCUT2D eigenvalue weighted by atomic mass is 9.75. The van der Waals surface area contributed by atoms with Crippen LogP contribution in [-0.4, -0.2) is 48.1 Å². The molecule has 0 unspecified atom stereocenters. The van der Waals surface area contributed by atoms with Gasteiger partial charge in [-0.25, -0.2) is 9.97 Å². The smallest absolute Gasteiger partial charge is 0.225 e. The van der Waals surface area contributed by atoms with Crippen LogP contribution in [0.25, 0.3) is 0 Å². The standard InChI is InChI=1S/C13H21BrN4/c1-17(2)13(5-4-6-13)10-18(3)12-15-8-11(7-14)9-16-12/h8-9H,4-7,10H2,1-3H3. The summed E-state index contributed by atoms with van der Waals surface area (Å²) in [5, 5.41) is 0.804. The molecule has 1 heterocycles. The molecule has 18 heavy (non-hydrogen) atoms. The van der Waals surface area contributed by atoms with Gasteiger partial charge in [0.2, 0.25) is 5.95 Å². The van der Waals surface area contributed by atoms with E-state index in [-0.39, 0.29) is 0 Å². The molecule has 0 aliphatic heterocycles. The fraction of sp³-hybridized carbons (Fsp3) is 0.692. The van der Waals surface area contributed by atoms with Crippen LogP contribution < -0.4 is 4.90 Å². The Kier molecular flexibility index (Phi) is 4.22. The van der Waals surface area contributed by atoms with Crippen molar-refractivity contribution in [3.63, 3.8) is 0 Å². The maximum atomic E-state index is 4.42. The molecule has 0 radical (unpaired) electrons. The van der Waals surface area contributed by atoms with E-state index < -0.39 is 0 Å². The zero-order valence-corrected chi connectivity index (χ0v) is 12.9. The van der Waals surface area contributed by atoms with Crippen LogP contribution in [0, 0.1) is 0 Å². The van der Waals surface area contributed by atoms with Crippen LogP contribution in [0.5, 0.6) is 0 Å². The predicted octanol–water partition coefficient (Wildman–Crippen LogP) is 2.29. The predicted molar refractivity (Wildman–Crippen MR) is 78.2 cm³/mol. The van der Waals surface area contributed by atoms with Gasteiger partial charge in [-0.3, -0.25) is 0 Å². The van der Waals surface area contributed by atoms with E-state index in [1.165, 1.54) is 19.3 Å². The molecular formula is C13H21BrN4. The summed E-state index contributed by atoms with van der Waals surface area (Å²) in [6.07, 6.45) is 7.64. The van der Waals surface area contributed by atoms with E-state index in [0.717, 1.165) is 23.4 Å². The molecule has 0 amide bonds. The first-order valence-corrected chi connectivity index (χ1v) is 7.45. The monoisotopic (exact) mass is 312 g/mol. The summed E-state index contributed by atoms with van der Waals surface area (Å²) >= 11 is 3.41. The highest BCUT2D eigenvalue weighted by molar-refractivity contribution is 9.08. The minimum Gasteiger partial charge on any atom is -0.342 e. The Morgan fingerprint density at radius 1 is 1.22 bits per heavy atom. The first kappa shape index (κ1) is 13.7. The third-order valence-electron chi connectivity index (χ3n) is 3.95. The maximum Gasteiger partial charge on any atom is 0.225 e. The largest absolute Gasteiger partial charge is 0.342 e. The van der Waals surface area contributed by atoms with E-state index in [2.05, 4.69) is 56.8 Å².